The first-order chi connectivity index (χ1) is 15.3. The first-order valence-electron chi connectivity index (χ1n) is 11.0. The van der Waals surface area contributed by atoms with Crippen molar-refractivity contribution in [3.63, 3.8) is 0 Å². The molecule has 0 radical (unpaired) electrons. The zero-order valence-corrected chi connectivity index (χ0v) is 20.3. The molecule has 1 atom stereocenters. The Labute approximate surface area is 200 Å². The Morgan fingerprint density at radius 1 is 1.09 bits per heavy atom. The first-order valence-corrected chi connectivity index (χ1v) is 11.7. The van der Waals surface area contributed by atoms with Crippen LogP contribution < -0.4 is 10.1 Å². The van der Waals surface area contributed by atoms with Crippen molar-refractivity contribution in [3.05, 3.63) is 63.1 Å². The van der Waals surface area contributed by atoms with Gasteiger partial charge >= 0.3 is 0 Å². The van der Waals surface area contributed by atoms with Gasteiger partial charge in [-0.1, -0.05) is 54.2 Å². The largest absolute Gasteiger partial charge is 0.483 e. The minimum Gasteiger partial charge on any atom is -0.483 e. The normalized spacial score (nSPS) is 14.8. The van der Waals surface area contributed by atoms with Crippen LogP contribution in [0, 0.1) is 13.8 Å². The molecule has 1 unspecified atom stereocenters. The predicted molar refractivity (Wildman–Crippen MR) is 128 cm³/mol. The van der Waals surface area contributed by atoms with Gasteiger partial charge in [0.2, 0.25) is 5.91 Å². The molecule has 0 spiro atoms. The minimum absolute atomic E-state index is 0.118. The fourth-order valence-electron chi connectivity index (χ4n) is 3.93. The monoisotopic (exact) mass is 476 g/mol. The molecule has 0 saturated heterocycles. The van der Waals surface area contributed by atoms with Gasteiger partial charge in [0.25, 0.3) is 5.91 Å². The summed E-state index contributed by atoms with van der Waals surface area (Å²) in [5, 5.41) is 3.99. The van der Waals surface area contributed by atoms with E-state index >= 15 is 0 Å². The Kier molecular flexibility index (Phi) is 8.44. The van der Waals surface area contributed by atoms with Gasteiger partial charge in [-0.05, 0) is 62.9 Å². The fraction of sp³-hybridized carbons (Fsp3) is 0.440. The number of rotatable bonds is 8. The third-order valence-corrected chi connectivity index (χ3v) is 6.87. The van der Waals surface area contributed by atoms with Gasteiger partial charge < -0.3 is 15.0 Å². The van der Waals surface area contributed by atoms with E-state index in [1.807, 2.05) is 32.0 Å². The van der Waals surface area contributed by atoms with E-state index in [4.69, 9.17) is 27.9 Å². The third kappa shape index (κ3) is 5.96. The summed E-state index contributed by atoms with van der Waals surface area (Å²) in [4.78, 5) is 27.7. The van der Waals surface area contributed by atoms with Crippen LogP contribution in [0.3, 0.4) is 0 Å². The van der Waals surface area contributed by atoms with E-state index in [2.05, 4.69) is 5.32 Å². The molecule has 1 aliphatic carbocycles. The molecule has 1 N–H and O–H groups in total. The van der Waals surface area contributed by atoms with Gasteiger partial charge in [-0.15, -0.1) is 0 Å². The third-order valence-electron chi connectivity index (χ3n) is 6.17. The van der Waals surface area contributed by atoms with Crippen LogP contribution in [0.2, 0.25) is 10.0 Å². The maximum atomic E-state index is 13.3. The van der Waals surface area contributed by atoms with Crippen molar-refractivity contribution < 1.29 is 14.3 Å². The highest BCUT2D eigenvalue weighted by atomic mass is 35.5. The molecular weight excluding hydrogens is 447 g/mol. The second-order valence-electron chi connectivity index (χ2n) is 8.37. The van der Waals surface area contributed by atoms with Gasteiger partial charge in [0.1, 0.15) is 11.8 Å². The van der Waals surface area contributed by atoms with Crippen LogP contribution in [0.1, 0.15) is 49.3 Å². The summed E-state index contributed by atoms with van der Waals surface area (Å²) in [7, 11) is 0. The average molecular weight is 477 g/mol. The second kappa shape index (κ2) is 11.1. The Morgan fingerprint density at radius 2 is 1.72 bits per heavy atom. The number of amides is 2. The summed E-state index contributed by atoms with van der Waals surface area (Å²) in [6, 6.07) is 10.4. The van der Waals surface area contributed by atoms with Crippen molar-refractivity contribution in [1.29, 1.82) is 0 Å². The summed E-state index contributed by atoms with van der Waals surface area (Å²) in [5.41, 5.74) is 2.67. The van der Waals surface area contributed by atoms with E-state index in [9.17, 15) is 9.59 Å². The molecule has 5 nitrogen and oxygen atoms in total. The molecule has 2 aromatic rings. The Bertz CT molecular complexity index is 953. The van der Waals surface area contributed by atoms with Gasteiger partial charge in [0.05, 0.1) is 0 Å². The number of hydrogen-bond donors (Lipinski definition) is 1. The van der Waals surface area contributed by atoms with E-state index in [1.54, 1.807) is 25.1 Å². The number of halogens is 2. The summed E-state index contributed by atoms with van der Waals surface area (Å²) in [6.07, 6.45) is 4.17. The highest BCUT2D eigenvalue weighted by molar-refractivity contribution is 6.36. The van der Waals surface area contributed by atoms with Crippen molar-refractivity contribution in [1.82, 2.24) is 10.2 Å². The van der Waals surface area contributed by atoms with Crippen LogP contribution in [0.4, 0.5) is 0 Å². The van der Waals surface area contributed by atoms with Gasteiger partial charge in [0.15, 0.2) is 6.61 Å². The van der Waals surface area contributed by atoms with Crippen LogP contribution in [0.15, 0.2) is 36.4 Å². The lowest BCUT2D eigenvalue weighted by atomic mass is 10.1. The number of nitrogens with one attached hydrogen (secondary N) is 1. The predicted octanol–water partition coefficient (Wildman–Crippen LogP) is 5.47. The molecule has 7 heteroatoms. The lowest BCUT2D eigenvalue weighted by Gasteiger charge is -2.30. The van der Waals surface area contributed by atoms with Crippen LogP contribution in [-0.2, 0) is 16.1 Å². The highest BCUT2D eigenvalue weighted by Crippen LogP contribution is 2.27. The van der Waals surface area contributed by atoms with Gasteiger partial charge in [-0.3, -0.25) is 9.59 Å². The zero-order chi connectivity index (χ0) is 23.3. The summed E-state index contributed by atoms with van der Waals surface area (Å²) in [6.45, 7) is 5.60. The molecule has 0 bridgehead atoms. The molecule has 2 amide bonds. The van der Waals surface area contributed by atoms with E-state index < -0.39 is 6.04 Å². The van der Waals surface area contributed by atoms with E-state index in [0.717, 1.165) is 36.8 Å². The van der Waals surface area contributed by atoms with Crippen molar-refractivity contribution >= 4 is 35.0 Å². The lowest BCUT2D eigenvalue weighted by Crippen LogP contribution is -2.50. The maximum absolute atomic E-state index is 13.3. The standard InChI is InChI=1S/C25H30Cl2N2O3/c1-16-8-6-13-23(17(16)2)32-15-24(30)29(14-20-21(26)11-7-12-22(20)27)18(3)25(31)28-19-9-4-5-10-19/h6-8,11-13,18-19H,4-5,9-10,14-15H2,1-3H3,(H,28,31). The second-order valence-corrected chi connectivity index (χ2v) is 9.19. The molecule has 1 fully saturated rings. The molecule has 3 rings (SSSR count). The molecule has 1 saturated carbocycles. The number of hydrogen-bond acceptors (Lipinski definition) is 3. The molecule has 2 aromatic carbocycles. The molecule has 1 aliphatic rings. The van der Waals surface area contributed by atoms with Crippen LogP contribution in [0.5, 0.6) is 5.75 Å². The van der Waals surface area contributed by atoms with Crippen LogP contribution >= 0.6 is 23.2 Å². The topological polar surface area (TPSA) is 58.6 Å². The Morgan fingerprint density at radius 3 is 2.38 bits per heavy atom. The van der Waals surface area contributed by atoms with Crippen molar-refractivity contribution in [2.45, 2.75) is 65.1 Å². The van der Waals surface area contributed by atoms with E-state index in [-0.39, 0.29) is 31.0 Å². The fourth-order valence-corrected chi connectivity index (χ4v) is 4.45. The number of ether oxygens (including phenoxy) is 1. The molecular formula is C25H30Cl2N2O3. The van der Waals surface area contributed by atoms with Gasteiger partial charge in [-0.2, -0.15) is 0 Å². The summed E-state index contributed by atoms with van der Waals surface area (Å²) >= 11 is 12.7. The quantitative estimate of drug-likeness (QED) is 0.549. The maximum Gasteiger partial charge on any atom is 0.261 e. The zero-order valence-electron chi connectivity index (χ0n) is 18.8. The van der Waals surface area contributed by atoms with Gasteiger partial charge in [-0.25, -0.2) is 0 Å². The molecule has 172 valence electrons. The van der Waals surface area contributed by atoms with Crippen LogP contribution in [0.25, 0.3) is 0 Å². The lowest BCUT2D eigenvalue weighted by molar-refractivity contribution is -0.142. The number of nitrogens with zero attached hydrogens (tertiary/aromatic N) is 1. The smallest absolute Gasteiger partial charge is 0.261 e. The summed E-state index contributed by atoms with van der Waals surface area (Å²) < 4.78 is 5.83. The average Bonchev–Trinajstić information content (AvgIpc) is 3.27. The minimum atomic E-state index is -0.697. The Hall–Kier alpha value is -2.24. The summed E-state index contributed by atoms with van der Waals surface area (Å²) in [5.74, 6) is 0.160. The number of carbonyl (C=O) groups is 2. The molecule has 0 heterocycles. The van der Waals surface area contributed by atoms with E-state index in [0.29, 0.717) is 21.4 Å². The van der Waals surface area contributed by atoms with Crippen molar-refractivity contribution in [3.8, 4) is 5.75 Å². The highest BCUT2D eigenvalue weighted by Gasteiger charge is 2.29. The number of aryl methyl sites for hydroxylation is 1. The Balaban J connectivity index is 1.79. The van der Waals surface area contributed by atoms with Gasteiger partial charge in [0, 0.05) is 28.2 Å². The molecule has 32 heavy (non-hydrogen) atoms. The van der Waals surface area contributed by atoms with E-state index in [1.165, 1.54) is 4.90 Å². The SMILES string of the molecule is Cc1cccc(OCC(=O)N(Cc2c(Cl)cccc2Cl)C(C)C(=O)NC2CCCC2)c1C. The van der Waals surface area contributed by atoms with Crippen molar-refractivity contribution in [2.75, 3.05) is 6.61 Å². The number of benzene rings is 2. The number of carbonyl (C=O) groups excluding carboxylic acids is 2. The molecule has 0 aromatic heterocycles. The van der Waals surface area contributed by atoms with Crippen LogP contribution in [-0.4, -0.2) is 35.4 Å². The molecule has 0 aliphatic heterocycles. The first kappa shape index (κ1) is 24.4. The van der Waals surface area contributed by atoms with Crippen molar-refractivity contribution in [2.24, 2.45) is 0 Å².